The molecule has 2 rings (SSSR count). The Kier molecular flexibility index (Phi) is 4.75. The zero-order valence-electron chi connectivity index (χ0n) is 11.3. The first kappa shape index (κ1) is 13.5. The number of carbonyl (C=O) groups excluding carboxylic acids is 1. The van der Waals surface area contributed by atoms with Gasteiger partial charge in [0, 0.05) is 36.8 Å². The molecule has 1 aliphatic carbocycles. The number of hydrogen-bond acceptors (Lipinski definition) is 2. The van der Waals surface area contributed by atoms with Gasteiger partial charge in [-0.2, -0.15) is 0 Å². The lowest BCUT2D eigenvalue weighted by atomic mass is 10.1. The minimum Gasteiger partial charge on any atom is -0.325 e. The third-order valence-corrected chi connectivity index (χ3v) is 4.61. The third-order valence-electron chi connectivity index (χ3n) is 3.49. The van der Waals surface area contributed by atoms with E-state index in [1.54, 1.807) is 0 Å². The van der Waals surface area contributed by atoms with Crippen molar-refractivity contribution in [3.8, 4) is 0 Å². The van der Waals surface area contributed by atoms with Crippen LogP contribution < -0.4 is 0 Å². The van der Waals surface area contributed by atoms with Gasteiger partial charge in [-0.25, -0.2) is 4.79 Å². The van der Waals surface area contributed by atoms with Gasteiger partial charge in [0.05, 0.1) is 0 Å². The molecule has 2 aliphatic rings. The van der Waals surface area contributed by atoms with Crippen molar-refractivity contribution in [2.24, 2.45) is 0 Å². The Morgan fingerprint density at radius 3 is 2.78 bits per heavy atom. The summed E-state index contributed by atoms with van der Waals surface area (Å²) in [6.07, 6.45) is 6.89. The van der Waals surface area contributed by atoms with Crippen molar-refractivity contribution in [3.63, 3.8) is 0 Å². The molecule has 0 aromatic heterocycles. The van der Waals surface area contributed by atoms with Crippen LogP contribution in [0.3, 0.4) is 0 Å². The number of nitrogens with zero attached hydrogens (tertiary/aromatic N) is 2. The quantitative estimate of drug-likeness (QED) is 0.767. The highest BCUT2D eigenvalue weighted by molar-refractivity contribution is 8.03. The SMILES string of the molecule is CCN(CC)C(=O)N1CCSC2=CCCC=C2C1. The highest BCUT2D eigenvalue weighted by Gasteiger charge is 2.24. The van der Waals surface area contributed by atoms with Gasteiger partial charge >= 0.3 is 6.03 Å². The number of amides is 2. The molecular weight excluding hydrogens is 244 g/mol. The molecule has 1 heterocycles. The number of hydrogen-bond donors (Lipinski definition) is 0. The fourth-order valence-corrected chi connectivity index (χ4v) is 3.51. The highest BCUT2D eigenvalue weighted by Crippen LogP contribution is 2.32. The third kappa shape index (κ3) is 2.91. The van der Waals surface area contributed by atoms with E-state index in [0.717, 1.165) is 44.8 Å². The van der Waals surface area contributed by atoms with E-state index in [0.29, 0.717) is 0 Å². The summed E-state index contributed by atoms with van der Waals surface area (Å²) in [4.78, 5) is 17.7. The lowest BCUT2D eigenvalue weighted by Gasteiger charge is -2.28. The second-order valence-corrected chi connectivity index (χ2v) is 5.74. The van der Waals surface area contributed by atoms with Gasteiger partial charge in [-0.05, 0) is 32.3 Å². The van der Waals surface area contributed by atoms with Gasteiger partial charge in [0.15, 0.2) is 0 Å². The molecule has 18 heavy (non-hydrogen) atoms. The Morgan fingerprint density at radius 1 is 1.33 bits per heavy atom. The zero-order chi connectivity index (χ0) is 13.0. The van der Waals surface area contributed by atoms with Crippen molar-refractivity contribution < 1.29 is 4.79 Å². The first-order valence-corrected chi connectivity index (χ1v) is 7.81. The lowest BCUT2D eigenvalue weighted by Crippen LogP contribution is -2.44. The predicted molar refractivity (Wildman–Crippen MR) is 77.7 cm³/mol. The number of carbonyl (C=O) groups is 1. The molecule has 0 aromatic carbocycles. The average Bonchev–Trinajstić information content (AvgIpc) is 2.62. The molecule has 0 radical (unpaired) electrons. The minimum absolute atomic E-state index is 0.188. The zero-order valence-corrected chi connectivity index (χ0v) is 12.1. The van der Waals surface area contributed by atoms with Crippen LogP contribution >= 0.6 is 11.8 Å². The molecule has 1 saturated heterocycles. The molecular formula is C14H22N2OS. The van der Waals surface area contributed by atoms with Crippen LogP contribution in [-0.2, 0) is 0 Å². The van der Waals surface area contributed by atoms with E-state index in [4.69, 9.17) is 0 Å². The van der Waals surface area contributed by atoms with E-state index in [9.17, 15) is 4.79 Å². The van der Waals surface area contributed by atoms with Crippen LogP contribution in [0.1, 0.15) is 26.7 Å². The predicted octanol–water partition coefficient (Wildman–Crippen LogP) is 3.10. The van der Waals surface area contributed by atoms with E-state index in [-0.39, 0.29) is 6.03 Å². The molecule has 0 atom stereocenters. The molecule has 2 amide bonds. The summed E-state index contributed by atoms with van der Waals surface area (Å²) in [7, 11) is 0. The molecule has 4 heteroatoms. The Labute approximate surface area is 114 Å². The first-order chi connectivity index (χ1) is 8.76. The largest absolute Gasteiger partial charge is 0.325 e. The van der Waals surface area contributed by atoms with Crippen molar-refractivity contribution in [2.45, 2.75) is 26.7 Å². The van der Waals surface area contributed by atoms with Gasteiger partial charge in [0.1, 0.15) is 0 Å². The Bertz CT molecular complexity index is 372. The van der Waals surface area contributed by atoms with Gasteiger partial charge in [-0.1, -0.05) is 12.2 Å². The van der Waals surface area contributed by atoms with Crippen LogP contribution in [0.5, 0.6) is 0 Å². The van der Waals surface area contributed by atoms with E-state index >= 15 is 0 Å². The summed E-state index contributed by atoms with van der Waals surface area (Å²) >= 11 is 1.90. The van der Waals surface area contributed by atoms with Crippen LogP contribution in [0.25, 0.3) is 0 Å². The van der Waals surface area contributed by atoms with Crippen molar-refractivity contribution in [1.29, 1.82) is 0 Å². The topological polar surface area (TPSA) is 23.6 Å². The Hall–Kier alpha value is -0.900. The van der Waals surface area contributed by atoms with Crippen LogP contribution in [0.2, 0.25) is 0 Å². The molecule has 100 valence electrons. The molecule has 1 aliphatic heterocycles. The summed E-state index contributed by atoms with van der Waals surface area (Å²) in [6.45, 7) is 7.31. The minimum atomic E-state index is 0.188. The number of allylic oxidation sites excluding steroid dienone is 2. The van der Waals surface area contributed by atoms with Crippen molar-refractivity contribution >= 4 is 17.8 Å². The number of rotatable bonds is 2. The average molecular weight is 266 g/mol. The maximum Gasteiger partial charge on any atom is 0.320 e. The van der Waals surface area contributed by atoms with Crippen molar-refractivity contribution in [1.82, 2.24) is 9.80 Å². The number of fused-ring (bicyclic) bond motifs is 1. The normalized spacial score (nSPS) is 19.6. The van der Waals surface area contributed by atoms with E-state index < -0.39 is 0 Å². The molecule has 0 saturated carbocycles. The maximum absolute atomic E-state index is 12.4. The molecule has 1 fully saturated rings. The summed E-state index contributed by atoms with van der Waals surface area (Å²) in [5.74, 6) is 1.01. The highest BCUT2D eigenvalue weighted by atomic mass is 32.2. The van der Waals surface area contributed by atoms with Gasteiger partial charge in [0.2, 0.25) is 0 Å². The summed E-state index contributed by atoms with van der Waals surface area (Å²) in [5.41, 5.74) is 1.35. The Morgan fingerprint density at radius 2 is 2.06 bits per heavy atom. The van der Waals surface area contributed by atoms with Gasteiger partial charge in [-0.15, -0.1) is 11.8 Å². The van der Waals surface area contributed by atoms with Crippen LogP contribution in [0, 0.1) is 0 Å². The maximum atomic E-state index is 12.4. The molecule has 0 bridgehead atoms. The molecule has 0 spiro atoms. The van der Waals surface area contributed by atoms with E-state index in [2.05, 4.69) is 12.2 Å². The van der Waals surface area contributed by atoms with Gasteiger partial charge in [0.25, 0.3) is 0 Å². The van der Waals surface area contributed by atoms with Crippen LogP contribution in [0.4, 0.5) is 4.79 Å². The summed E-state index contributed by atoms with van der Waals surface area (Å²) < 4.78 is 0. The fourth-order valence-electron chi connectivity index (χ4n) is 2.41. The number of urea groups is 1. The van der Waals surface area contributed by atoms with Gasteiger partial charge in [-0.3, -0.25) is 0 Å². The first-order valence-electron chi connectivity index (χ1n) is 6.82. The second-order valence-electron chi connectivity index (χ2n) is 4.60. The molecule has 0 aromatic rings. The van der Waals surface area contributed by atoms with Crippen LogP contribution in [0.15, 0.2) is 22.6 Å². The van der Waals surface area contributed by atoms with E-state index in [1.807, 2.05) is 35.4 Å². The van der Waals surface area contributed by atoms with Gasteiger partial charge < -0.3 is 9.80 Å². The Balaban J connectivity index is 2.08. The standard InChI is InChI=1S/C14H22N2OS/c1-3-15(4-2)14(17)16-9-10-18-13-8-6-5-7-12(13)11-16/h7-8H,3-6,9-11H2,1-2H3. The van der Waals surface area contributed by atoms with E-state index in [1.165, 1.54) is 10.5 Å². The summed E-state index contributed by atoms with van der Waals surface area (Å²) in [5, 5.41) is 0. The monoisotopic (exact) mass is 266 g/mol. The molecule has 0 unspecified atom stereocenters. The summed E-state index contributed by atoms with van der Waals surface area (Å²) in [6, 6.07) is 0.188. The molecule has 0 N–H and O–H groups in total. The van der Waals surface area contributed by atoms with Crippen LogP contribution in [-0.4, -0.2) is 47.8 Å². The van der Waals surface area contributed by atoms with Crippen molar-refractivity contribution in [2.75, 3.05) is 31.9 Å². The second kappa shape index (κ2) is 6.32. The van der Waals surface area contributed by atoms with Crippen molar-refractivity contribution in [3.05, 3.63) is 22.6 Å². The number of thioether (sulfide) groups is 1. The fraction of sp³-hybridized carbons (Fsp3) is 0.643. The lowest BCUT2D eigenvalue weighted by molar-refractivity contribution is 0.164. The molecule has 3 nitrogen and oxygen atoms in total. The smallest absolute Gasteiger partial charge is 0.320 e.